The summed E-state index contributed by atoms with van der Waals surface area (Å²) in [6.45, 7) is 1.71. The number of rotatable bonds is 4. The summed E-state index contributed by atoms with van der Waals surface area (Å²) in [7, 11) is 0. The highest BCUT2D eigenvalue weighted by Crippen LogP contribution is 2.17. The maximum absolute atomic E-state index is 5.80. The zero-order valence-corrected chi connectivity index (χ0v) is 9.95. The molecular formula is C12H23N3O. The van der Waals surface area contributed by atoms with Crippen LogP contribution in [0.1, 0.15) is 44.9 Å². The Labute approximate surface area is 97.6 Å². The van der Waals surface area contributed by atoms with Gasteiger partial charge in [0.25, 0.3) is 0 Å². The summed E-state index contributed by atoms with van der Waals surface area (Å²) in [4.78, 5) is 4.34. The van der Waals surface area contributed by atoms with Crippen molar-refractivity contribution in [1.29, 1.82) is 0 Å². The summed E-state index contributed by atoms with van der Waals surface area (Å²) >= 11 is 0. The van der Waals surface area contributed by atoms with E-state index in [1.807, 2.05) is 0 Å². The fourth-order valence-electron chi connectivity index (χ4n) is 2.17. The van der Waals surface area contributed by atoms with Crippen LogP contribution >= 0.6 is 0 Å². The van der Waals surface area contributed by atoms with Crippen LogP contribution in [-0.4, -0.2) is 31.3 Å². The Morgan fingerprint density at radius 1 is 1.25 bits per heavy atom. The molecule has 0 bridgehead atoms. The van der Waals surface area contributed by atoms with Gasteiger partial charge in [-0.3, -0.25) is 4.99 Å². The summed E-state index contributed by atoms with van der Waals surface area (Å²) < 4.78 is 5.64. The Kier molecular flexibility index (Phi) is 4.45. The number of guanidine groups is 1. The summed E-state index contributed by atoms with van der Waals surface area (Å²) in [6.07, 6.45) is 8.91. The molecule has 16 heavy (non-hydrogen) atoms. The van der Waals surface area contributed by atoms with Crippen molar-refractivity contribution >= 4 is 5.96 Å². The van der Waals surface area contributed by atoms with E-state index in [-0.39, 0.29) is 0 Å². The average molecular weight is 225 g/mol. The summed E-state index contributed by atoms with van der Waals surface area (Å²) in [5, 5.41) is 3.24. The van der Waals surface area contributed by atoms with Gasteiger partial charge < -0.3 is 15.8 Å². The van der Waals surface area contributed by atoms with Gasteiger partial charge in [-0.25, -0.2) is 0 Å². The second-order valence-electron chi connectivity index (χ2n) is 4.82. The van der Waals surface area contributed by atoms with Crippen molar-refractivity contribution in [2.75, 3.05) is 13.2 Å². The fourth-order valence-corrected chi connectivity index (χ4v) is 2.17. The first kappa shape index (κ1) is 11.7. The predicted octanol–water partition coefficient (Wildman–Crippen LogP) is 1.40. The first-order valence-electron chi connectivity index (χ1n) is 6.52. The zero-order chi connectivity index (χ0) is 11.2. The highest BCUT2D eigenvalue weighted by molar-refractivity contribution is 5.78. The van der Waals surface area contributed by atoms with Gasteiger partial charge in [0.1, 0.15) is 0 Å². The minimum absolute atomic E-state index is 0.411. The Morgan fingerprint density at radius 2 is 2.12 bits per heavy atom. The van der Waals surface area contributed by atoms with E-state index in [1.54, 1.807) is 0 Å². The third-order valence-electron chi connectivity index (χ3n) is 3.46. The molecule has 0 aromatic carbocycles. The van der Waals surface area contributed by atoms with Crippen molar-refractivity contribution in [1.82, 2.24) is 5.32 Å². The standard InChI is InChI=1S/C12H23N3O/c13-12(15-10-4-3-5-10)14-8-7-11-6-1-2-9-16-11/h10-11H,1-9H2,(H3,13,14,15). The Balaban J connectivity index is 1.59. The van der Waals surface area contributed by atoms with Gasteiger partial charge in [0.05, 0.1) is 6.10 Å². The highest BCUT2D eigenvalue weighted by atomic mass is 16.5. The number of nitrogens with one attached hydrogen (secondary N) is 1. The molecule has 92 valence electrons. The van der Waals surface area contributed by atoms with Crippen LogP contribution in [0.5, 0.6) is 0 Å². The van der Waals surface area contributed by atoms with Crippen LogP contribution in [0.25, 0.3) is 0 Å². The molecule has 1 heterocycles. The van der Waals surface area contributed by atoms with Gasteiger partial charge in [0.2, 0.25) is 0 Å². The molecule has 4 heteroatoms. The van der Waals surface area contributed by atoms with Crippen LogP contribution in [-0.2, 0) is 4.74 Å². The van der Waals surface area contributed by atoms with E-state index in [1.165, 1.54) is 38.5 Å². The van der Waals surface area contributed by atoms with E-state index in [0.717, 1.165) is 19.6 Å². The Hall–Kier alpha value is -0.770. The topological polar surface area (TPSA) is 59.6 Å². The van der Waals surface area contributed by atoms with E-state index in [0.29, 0.717) is 18.1 Å². The van der Waals surface area contributed by atoms with Gasteiger partial charge in [-0.15, -0.1) is 0 Å². The second-order valence-corrected chi connectivity index (χ2v) is 4.82. The molecule has 0 radical (unpaired) electrons. The minimum Gasteiger partial charge on any atom is -0.378 e. The van der Waals surface area contributed by atoms with Crippen molar-refractivity contribution in [3.05, 3.63) is 0 Å². The molecule has 2 fully saturated rings. The SMILES string of the molecule is NC(=NCCC1CCCCO1)NC1CCC1. The molecule has 2 rings (SSSR count). The highest BCUT2D eigenvalue weighted by Gasteiger charge is 2.17. The number of nitrogens with two attached hydrogens (primary N) is 1. The van der Waals surface area contributed by atoms with Crippen LogP contribution in [0, 0.1) is 0 Å². The Morgan fingerprint density at radius 3 is 2.75 bits per heavy atom. The third kappa shape index (κ3) is 3.67. The van der Waals surface area contributed by atoms with Crippen LogP contribution in [0.3, 0.4) is 0 Å². The van der Waals surface area contributed by atoms with Gasteiger partial charge in [-0.05, 0) is 44.9 Å². The van der Waals surface area contributed by atoms with Crippen molar-refractivity contribution in [3.63, 3.8) is 0 Å². The molecule has 1 unspecified atom stereocenters. The van der Waals surface area contributed by atoms with Crippen LogP contribution in [0.2, 0.25) is 0 Å². The van der Waals surface area contributed by atoms with Crippen molar-refractivity contribution < 1.29 is 4.74 Å². The van der Waals surface area contributed by atoms with Gasteiger partial charge in [0, 0.05) is 19.2 Å². The minimum atomic E-state index is 0.411. The van der Waals surface area contributed by atoms with E-state index in [9.17, 15) is 0 Å². The van der Waals surface area contributed by atoms with E-state index in [2.05, 4.69) is 10.3 Å². The van der Waals surface area contributed by atoms with Crippen LogP contribution in [0.4, 0.5) is 0 Å². The number of hydrogen-bond donors (Lipinski definition) is 2. The smallest absolute Gasteiger partial charge is 0.188 e. The Bertz CT molecular complexity index is 232. The molecule has 1 saturated carbocycles. The molecule has 0 aromatic heterocycles. The van der Waals surface area contributed by atoms with Gasteiger partial charge in [-0.2, -0.15) is 0 Å². The molecule has 4 nitrogen and oxygen atoms in total. The lowest BCUT2D eigenvalue weighted by atomic mass is 9.93. The van der Waals surface area contributed by atoms with Crippen LogP contribution < -0.4 is 11.1 Å². The van der Waals surface area contributed by atoms with Gasteiger partial charge in [0.15, 0.2) is 5.96 Å². The van der Waals surface area contributed by atoms with E-state index in [4.69, 9.17) is 10.5 Å². The lowest BCUT2D eigenvalue weighted by molar-refractivity contribution is 0.0129. The second kappa shape index (κ2) is 6.09. The molecule has 2 aliphatic rings. The molecule has 0 spiro atoms. The number of aliphatic imine (C=N–C) groups is 1. The predicted molar refractivity (Wildman–Crippen MR) is 65.5 cm³/mol. The van der Waals surface area contributed by atoms with Crippen molar-refractivity contribution in [3.8, 4) is 0 Å². The molecule has 0 amide bonds. The zero-order valence-electron chi connectivity index (χ0n) is 9.95. The molecule has 1 atom stereocenters. The molecule has 3 N–H and O–H groups in total. The molecule has 1 saturated heterocycles. The normalized spacial score (nSPS) is 27.5. The maximum Gasteiger partial charge on any atom is 0.188 e. The first-order valence-corrected chi connectivity index (χ1v) is 6.52. The monoisotopic (exact) mass is 225 g/mol. The van der Waals surface area contributed by atoms with Crippen molar-refractivity contribution in [2.24, 2.45) is 10.7 Å². The van der Waals surface area contributed by atoms with Crippen LogP contribution in [0.15, 0.2) is 4.99 Å². The molecule has 0 aromatic rings. The molecule has 1 aliphatic carbocycles. The number of ether oxygens (including phenoxy) is 1. The summed E-state index contributed by atoms with van der Waals surface area (Å²) in [5.74, 6) is 0.612. The first-order chi connectivity index (χ1) is 7.84. The largest absolute Gasteiger partial charge is 0.378 e. The lowest BCUT2D eigenvalue weighted by Gasteiger charge is -2.27. The average Bonchev–Trinajstić information content (AvgIpc) is 2.25. The van der Waals surface area contributed by atoms with Gasteiger partial charge in [-0.1, -0.05) is 0 Å². The summed E-state index contributed by atoms with van der Waals surface area (Å²) in [6, 6.07) is 0.578. The lowest BCUT2D eigenvalue weighted by Crippen LogP contribution is -2.43. The van der Waals surface area contributed by atoms with Crippen molar-refractivity contribution in [2.45, 2.75) is 57.1 Å². The maximum atomic E-state index is 5.80. The fraction of sp³-hybridized carbons (Fsp3) is 0.917. The van der Waals surface area contributed by atoms with Gasteiger partial charge >= 0.3 is 0 Å². The molecular weight excluding hydrogens is 202 g/mol. The quantitative estimate of drug-likeness (QED) is 0.561. The summed E-state index contributed by atoms with van der Waals surface area (Å²) in [5.41, 5.74) is 5.80. The van der Waals surface area contributed by atoms with E-state index >= 15 is 0 Å². The number of hydrogen-bond acceptors (Lipinski definition) is 2. The number of nitrogens with zero attached hydrogens (tertiary/aromatic N) is 1. The van der Waals surface area contributed by atoms with E-state index < -0.39 is 0 Å². The molecule has 1 aliphatic heterocycles. The third-order valence-corrected chi connectivity index (χ3v) is 3.46.